The van der Waals surface area contributed by atoms with Gasteiger partial charge in [-0.1, -0.05) is 43.0 Å². The van der Waals surface area contributed by atoms with Crippen molar-refractivity contribution in [3.05, 3.63) is 96.1 Å². The highest BCUT2D eigenvalue weighted by molar-refractivity contribution is 5.91. The molecule has 0 spiro atoms. The third kappa shape index (κ3) is 10.1. The minimum atomic E-state index is -0.849. The van der Waals surface area contributed by atoms with Crippen molar-refractivity contribution in [2.75, 3.05) is 13.2 Å². The third-order valence-electron chi connectivity index (χ3n) is 5.96. The summed E-state index contributed by atoms with van der Waals surface area (Å²) in [6.07, 6.45) is 4.19. The van der Waals surface area contributed by atoms with Gasteiger partial charge in [0.1, 0.15) is 11.5 Å². The molecule has 0 aliphatic heterocycles. The van der Waals surface area contributed by atoms with Crippen LogP contribution in [0.25, 0.3) is 11.1 Å². The Morgan fingerprint density at radius 2 is 1.31 bits per heavy atom. The number of aryl methyl sites for hydroxylation is 1. The lowest BCUT2D eigenvalue weighted by Gasteiger charge is -2.09. The van der Waals surface area contributed by atoms with Crippen LogP contribution in [0.4, 0.5) is 0 Å². The van der Waals surface area contributed by atoms with E-state index in [9.17, 15) is 14.4 Å². The fourth-order valence-electron chi connectivity index (χ4n) is 3.72. The predicted molar refractivity (Wildman–Crippen MR) is 149 cm³/mol. The molecule has 0 bridgehead atoms. The Hall–Kier alpha value is -4.39. The molecule has 0 unspecified atom stereocenters. The van der Waals surface area contributed by atoms with Gasteiger partial charge in [-0.25, -0.2) is 9.59 Å². The standard InChI is InChI=1S/C32H34O7/c1-23(2)31(35)38-22-6-4-3-5-21-37-28-18-14-26(15-19-28)25-10-12-27(13-11-25)32(36)39-29-16-7-24(8-17-29)9-20-30(33)34/h7-8,10-19H,1,3-6,9,20-22H2,2H3,(H,33,34). The second kappa shape index (κ2) is 15.1. The Morgan fingerprint density at radius 3 is 1.90 bits per heavy atom. The van der Waals surface area contributed by atoms with E-state index in [0.29, 0.717) is 36.5 Å². The largest absolute Gasteiger partial charge is 0.494 e. The van der Waals surface area contributed by atoms with Gasteiger partial charge in [0.2, 0.25) is 0 Å². The summed E-state index contributed by atoms with van der Waals surface area (Å²) in [5.74, 6) is -0.448. The zero-order valence-corrected chi connectivity index (χ0v) is 22.2. The van der Waals surface area contributed by atoms with Gasteiger partial charge in [0, 0.05) is 12.0 Å². The molecule has 0 saturated heterocycles. The van der Waals surface area contributed by atoms with Crippen LogP contribution >= 0.6 is 0 Å². The van der Waals surface area contributed by atoms with Crippen molar-refractivity contribution in [1.29, 1.82) is 0 Å². The van der Waals surface area contributed by atoms with Crippen LogP contribution in [0.1, 0.15) is 54.9 Å². The molecule has 7 nitrogen and oxygen atoms in total. The van der Waals surface area contributed by atoms with Crippen LogP contribution in [0.5, 0.6) is 11.5 Å². The van der Waals surface area contributed by atoms with E-state index in [1.807, 2.05) is 36.4 Å². The first-order valence-electron chi connectivity index (χ1n) is 13.0. The van der Waals surface area contributed by atoms with E-state index >= 15 is 0 Å². The molecule has 0 amide bonds. The van der Waals surface area contributed by atoms with Crippen molar-refractivity contribution in [3.63, 3.8) is 0 Å². The molecule has 0 fully saturated rings. The number of aliphatic carboxylic acids is 1. The van der Waals surface area contributed by atoms with Gasteiger partial charge in [-0.15, -0.1) is 0 Å². The summed E-state index contributed by atoms with van der Waals surface area (Å²) in [5, 5.41) is 8.78. The maximum Gasteiger partial charge on any atom is 0.343 e. The van der Waals surface area contributed by atoms with Gasteiger partial charge in [0.15, 0.2) is 0 Å². The Bertz CT molecular complexity index is 1240. The van der Waals surface area contributed by atoms with Gasteiger partial charge in [0.05, 0.1) is 18.8 Å². The number of carboxylic acids is 1. The van der Waals surface area contributed by atoms with Crippen LogP contribution in [0.3, 0.4) is 0 Å². The van der Waals surface area contributed by atoms with E-state index in [-0.39, 0.29) is 12.4 Å². The van der Waals surface area contributed by atoms with E-state index in [1.165, 1.54) is 0 Å². The van der Waals surface area contributed by atoms with Gasteiger partial charge >= 0.3 is 17.9 Å². The Balaban J connectivity index is 1.39. The quantitative estimate of drug-likeness (QED) is 0.102. The molecule has 1 N–H and O–H groups in total. The average molecular weight is 531 g/mol. The summed E-state index contributed by atoms with van der Waals surface area (Å²) in [6, 6.07) is 21.8. The number of rotatable bonds is 15. The van der Waals surface area contributed by atoms with Crippen LogP contribution in [-0.2, 0) is 20.7 Å². The lowest BCUT2D eigenvalue weighted by Crippen LogP contribution is -2.08. The molecule has 39 heavy (non-hydrogen) atoms. The highest BCUT2D eigenvalue weighted by atomic mass is 16.5. The first kappa shape index (κ1) is 29.2. The minimum absolute atomic E-state index is 0.0558. The maximum atomic E-state index is 12.5. The van der Waals surface area contributed by atoms with Crippen LogP contribution in [0.2, 0.25) is 0 Å². The molecule has 0 radical (unpaired) electrons. The lowest BCUT2D eigenvalue weighted by atomic mass is 10.0. The van der Waals surface area contributed by atoms with Gasteiger partial charge in [-0.05, 0) is 92.1 Å². The zero-order chi connectivity index (χ0) is 28.0. The molecule has 7 heteroatoms. The topological polar surface area (TPSA) is 99.1 Å². The second-order valence-corrected chi connectivity index (χ2v) is 9.21. The number of carboxylic acid groups (broad SMARTS) is 1. The van der Waals surface area contributed by atoms with Gasteiger partial charge < -0.3 is 19.3 Å². The number of ether oxygens (including phenoxy) is 3. The number of unbranched alkanes of at least 4 members (excludes halogenated alkanes) is 3. The molecule has 3 rings (SSSR count). The highest BCUT2D eigenvalue weighted by Crippen LogP contribution is 2.24. The summed E-state index contributed by atoms with van der Waals surface area (Å²) in [7, 11) is 0. The molecule has 0 aliphatic rings. The first-order valence-corrected chi connectivity index (χ1v) is 13.0. The second-order valence-electron chi connectivity index (χ2n) is 9.21. The van der Waals surface area contributed by atoms with E-state index in [0.717, 1.165) is 48.1 Å². The van der Waals surface area contributed by atoms with E-state index in [2.05, 4.69) is 6.58 Å². The molecule has 204 valence electrons. The molecule has 3 aromatic rings. The third-order valence-corrected chi connectivity index (χ3v) is 5.96. The average Bonchev–Trinajstić information content (AvgIpc) is 2.94. The molecule has 0 aliphatic carbocycles. The molecule has 3 aromatic carbocycles. The van der Waals surface area contributed by atoms with Crippen LogP contribution < -0.4 is 9.47 Å². The molecular formula is C32H34O7. The number of carbonyl (C=O) groups is 3. The molecular weight excluding hydrogens is 496 g/mol. The summed E-state index contributed by atoms with van der Waals surface area (Å²) in [6.45, 7) is 6.23. The molecule has 0 aromatic heterocycles. The smallest absolute Gasteiger partial charge is 0.343 e. The SMILES string of the molecule is C=C(C)C(=O)OCCCCCCOc1ccc(-c2ccc(C(=O)Oc3ccc(CCC(=O)O)cc3)cc2)cc1. The summed E-state index contributed by atoms with van der Waals surface area (Å²) >= 11 is 0. The Labute approximate surface area is 229 Å². The number of carbonyl (C=O) groups excluding carboxylic acids is 2. The van der Waals surface area contributed by atoms with Gasteiger partial charge in [-0.3, -0.25) is 4.79 Å². The summed E-state index contributed by atoms with van der Waals surface area (Å²) in [5.41, 5.74) is 3.69. The zero-order valence-electron chi connectivity index (χ0n) is 22.2. The summed E-state index contributed by atoms with van der Waals surface area (Å²) in [4.78, 5) is 34.5. The van der Waals surface area contributed by atoms with Crippen LogP contribution in [0, 0.1) is 0 Å². The number of esters is 2. The first-order chi connectivity index (χ1) is 18.8. The molecule has 0 heterocycles. The molecule has 0 atom stereocenters. The minimum Gasteiger partial charge on any atom is -0.494 e. The monoisotopic (exact) mass is 530 g/mol. The van der Waals surface area contributed by atoms with E-state index in [1.54, 1.807) is 43.3 Å². The van der Waals surface area contributed by atoms with Crippen molar-refractivity contribution in [2.45, 2.75) is 45.4 Å². The number of hydrogen-bond donors (Lipinski definition) is 1. The van der Waals surface area contributed by atoms with E-state index < -0.39 is 11.9 Å². The van der Waals surface area contributed by atoms with Gasteiger partial charge in [0.25, 0.3) is 0 Å². The van der Waals surface area contributed by atoms with Crippen molar-refractivity contribution in [2.24, 2.45) is 0 Å². The molecule has 0 saturated carbocycles. The van der Waals surface area contributed by atoms with Gasteiger partial charge in [-0.2, -0.15) is 0 Å². The highest BCUT2D eigenvalue weighted by Gasteiger charge is 2.10. The van der Waals surface area contributed by atoms with Crippen LogP contribution in [-0.4, -0.2) is 36.2 Å². The van der Waals surface area contributed by atoms with E-state index in [4.69, 9.17) is 19.3 Å². The normalized spacial score (nSPS) is 10.5. The van der Waals surface area contributed by atoms with Crippen molar-refractivity contribution in [1.82, 2.24) is 0 Å². The maximum absolute atomic E-state index is 12.5. The fraction of sp³-hybridized carbons (Fsp3) is 0.281. The van der Waals surface area contributed by atoms with Crippen molar-refractivity contribution < 1.29 is 33.7 Å². The van der Waals surface area contributed by atoms with Crippen molar-refractivity contribution >= 4 is 17.9 Å². The number of hydrogen-bond acceptors (Lipinski definition) is 6. The Kier molecular flexibility index (Phi) is 11.3. The number of benzene rings is 3. The van der Waals surface area contributed by atoms with Crippen molar-refractivity contribution in [3.8, 4) is 22.6 Å². The summed E-state index contributed by atoms with van der Waals surface area (Å²) < 4.78 is 16.3. The predicted octanol–water partition coefficient (Wildman–Crippen LogP) is 6.65. The van der Waals surface area contributed by atoms with Crippen LogP contribution in [0.15, 0.2) is 84.9 Å². The Morgan fingerprint density at radius 1 is 0.744 bits per heavy atom. The lowest BCUT2D eigenvalue weighted by molar-refractivity contribution is -0.139. The fourth-order valence-corrected chi connectivity index (χ4v) is 3.72.